The van der Waals surface area contributed by atoms with Crippen LogP contribution >= 0.6 is 0 Å². The summed E-state index contributed by atoms with van der Waals surface area (Å²) in [7, 11) is 2.23. The molecule has 1 fully saturated rings. The van der Waals surface area contributed by atoms with Crippen molar-refractivity contribution in [2.45, 2.75) is 65.1 Å². The fourth-order valence-corrected chi connectivity index (χ4v) is 2.47. The largest absolute Gasteiger partial charge is 0.377 e. The van der Waals surface area contributed by atoms with Gasteiger partial charge in [0.25, 0.3) is 0 Å². The molecule has 3 nitrogen and oxygen atoms in total. The van der Waals surface area contributed by atoms with Crippen molar-refractivity contribution >= 4 is 0 Å². The van der Waals surface area contributed by atoms with Crippen molar-refractivity contribution < 1.29 is 4.74 Å². The maximum atomic E-state index is 5.82. The van der Waals surface area contributed by atoms with Crippen LogP contribution in [0.3, 0.4) is 0 Å². The van der Waals surface area contributed by atoms with Crippen molar-refractivity contribution in [2.75, 3.05) is 26.7 Å². The van der Waals surface area contributed by atoms with E-state index in [1.54, 1.807) is 0 Å². The molecule has 0 amide bonds. The molecular weight excluding hydrogens is 224 g/mol. The number of likely N-dealkylation sites (N-methyl/N-ethyl adjacent to an activating group) is 1. The van der Waals surface area contributed by atoms with Crippen molar-refractivity contribution in [3.05, 3.63) is 0 Å². The second-order valence-corrected chi connectivity index (χ2v) is 6.21. The highest BCUT2D eigenvalue weighted by Crippen LogP contribution is 2.16. The Balaban J connectivity index is 2.27. The van der Waals surface area contributed by atoms with E-state index in [0.717, 1.165) is 19.7 Å². The maximum Gasteiger partial charge on any atom is 0.0702 e. The summed E-state index contributed by atoms with van der Waals surface area (Å²) >= 11 is 0. The summed E-state index contributed by atoms with van der Waals surface area (Å²) in [5, 5.41) is 3.53. The van der Waals surface area contributed by atoms with Gasteiger partial charge in [-0.25, -0.2) is 0 Å². The van der Waals surface area contributed by atoms with Gasteiger partial charge >= 0.3 is 0 Å². The van der Waals surface area contributed by atoms with E-state index in [4.69, 9.17) is 4.74 Å². The van der Waals surface area contributed by atoms with Crippen LogP contribution in [-0.4, -0.2) is 49.8 Å². The topological polar surface area (TPSA) is 24.5 Å². The summed E-state index contributed by atoms with van der Waals surface area (Å²) < 4.78 is 5.82. The zero-order valence-corrected chi connectivity index (χ0v) is 12.9. The Morgan fingerprint density at radius 1 is 1.22 bits per heavy atom. The number of rotatable bonds is 7. The molecule has 0 radical (unpaired) electrons. The highest BCUT2D eigenvalue weighted by molar-refractivity contribution is 4.76. The zero-order chi connectivity index (χ0) is 13.5. The number of hydrogen-bond acceptors (Lipinski definition) is 3. The summed E-state index contributed by atoms with van der Waals surface area (Å²) in [6.45, 7) is 12.2. The predicted molar refractivity (Wildman–Crippen MR) is 78.0 cm³/mol. The molecule has 0 bridgehead atoms. The molecule has 1 aliphatic rings. The minimum atomic E-state index is 0.455. The quantitative estimate of drug-likeness (QED) is 0.757. The van der Waals surface area contributed by atoms with E-state index < -0.39 is 0 Å². The molecule has 1 aliphatic heterocycles. The lowest BCUT2D eigenvalue weighted by Gasteiger charge is -2.34. The third-order valence-electron chi connectivity index (χ3n) is 4.13. The van der Waals surface area contributed by atoms with Crippen molar-refractivity contribution in [1.82, 2.24) is 10.2 Å². The number of nitrogens with one attached hydrogen (secondary N) is 1. The SMILES string of the molecule is CC(C)NCC(C)C(C)N(C)CC1CCCCO1. The molecule has 18 heavy (non-hydrogen) atoms. The van der Waals surface area contributed by atoms with E-state index in [0.29, 0.717) is 24.1 Å². The molecule has 1 N–H and O–H groups in total. The molecule has 0 saturated carbocycles. The minimum absolute atomic E-state index is 0.455. The number of ether oxygens (including phenoxy) is 1. The second-order valence-electron chi connectivity index (χ2n) is 6.21. The van der Waals surface area contributed by atoms with Crippen molar-refractivity contribution in [1.29, 1.82) is 0 Å². The number of hydrogen-bond donors (Lipinski definition) is 1. The monoisotopic (exact) mass is 256 g/mol. The molecule has 0 spiro atoms. The fourth-order valence-electron chi connectivity index (χ4n) is 2.47. The first-order chi connectivity index (χ1) is 8.50. The Hall–Kier alpha value is -0.120. The van der Waals surface area contributed by atoms with Crippen LogP contribution in [-0.2, 0) is 4.74 Å². The Bertz CT molecular complexity index is 215. The first-order valence-corrected chi connectivity index (χ1v) is 7.56. The molecule has 1 heterocycles. The standard InChI is InChI=1S/C15H32N2O/c1-12(2)16-10-13(3)14(4)17(5)11-15-8-6-7-9-18-15/h12-16H,6-11H2,1-5H3. The maximum absolute atomic E-state index is 5.82. The van der Waals surface area contributed by atoms with Crippen LogP contribution in [0.25, 0.3) is 0 Å². The molecule has 3 unspecified atom stereocenters. The first kappa shape index (κ1) is 15.9. The summed E-state index contributed by atoms with van der Waals surface area (Å²) in [4.78, 5) is 2.46. The molecular formula is C15H32N2O. The van der Waals surface area contributed by atoms with Gasteiger partial charge in [0, 0.05) is 25.2 Å². The van der Waals surface area contributed by atoms with Gasteiger partial charge in [-0.15, -0.1) is 0 Å². The van der Waals surface area contributed by atoms with Crippen molar-refractivity contribution in [3.8, 4) is 0 Å². The summed E-state index contributed by atoms with van der Waals surface area (Å²) in [5.41, 5.74) is 0. The van der Waals surface area contributed by atoms with E-state index in [9.17, 15) is 0 Å². The van der Waals surface area contributed by atoms with Gasteiger partial charge < -0.3 is 15.0 Å². The van der Waals surface area contributed by atoms with Gasteiger partial charge in [-0.1, -0.05) is 20.8 Å². The van der Waals surface area contributed by atoms with E-state index in [1.165, 1.54) is 19.3 Å². The van der Waals surface area contributed by atoms with E-state index in [1.807, 2.05) is 0 Å². The molecule has 0 aliphatic carbocycles. The highest BCUT2D eigenvalue weighted by Gasteiger charge is 2.21. The normalized spacial score (nSPS) is 24.5. The molecule has 108 valence electrons. The van der Waals surface area contributed by atoms with E-state index in [-0.39, 0.29) is 0 Å². The van der Waals surface area contributed by atoms with Gasteiger partial charge in [0.05, 0.1) is 6.10 Å². The smallest absolute Gasteiger partial charge is 0.0702 e. The third kappa shape index (κ3) is 5.68. The molecule has 3 atom stereocenters. The average Bonchev–Trinajstić information content (AvgIpc) is 2.36. The summed E-state index contributed by atoms with van der Waals surface area (Å²) in [6.07, 6.45) is 4.26. The van der Waals surface area contributed by atoms with Crippen LogP contribution in [0.5, 0.6) is 0 Å². The molecule has 0 aromatic carbocycles. The number of nitrogens with zero attached hydrogens (tertiary/aromatic N) is 1. The Labute approximate surface area is 113 Å². The van der Waals surface area contributed by atoms with Crippen molar-refractivity contribution in [3.63, 3.8) is 0 Å². The van der Waals surface area contributed by atoms with Crippen LogP contribution in [0, 0.1) is 5.92 Å². The molecule has 0 aromatic rings. The summed E-state index contributed by atoms with van der Waals surface area (Å²) in [6, 6.07) is 1.17. The Morgan fingerprint density at radius 2 is 1.94 bits per heavy atom. The fraction of sp³-hybridized carbons (Fsp3) is 1.00. The third-order valence-corrected chi connectivity index (χ3v) is 4.13. The van der Waals surface area contributed by atoms with Gasteiger partial charge in [-0.3, -0.25) is 0 Å². The predicted octanol–water partition coefficient (Wildman–Crippen LogP) is 2.51. The molecule has 1 rings (SSSR count). The van der Waals surface area contributed by atoms with Gasteiger partial charge in [0.2, 0.25) is 0 Å². The molecule has 1 saturated heterocycles. The van der Waals surface area contributed by atoms with Gasteiger partial charge in [-0.05, 0) is 45.7 Å². The van der Waals surface area contributed by atoms with Crippen LogP contribution in [0.1, 0.15) is 47.0 Å². The van der Waals surface area contributed by atoms with Crippen molar-refractivity contribution in [2.24, 2.45) is 5.92 Å². The zero-order valence-electron chi connectivity index (χ0n) is 12.9. The van der Waals surface area contributed by atoms with Crippen LogP contribution in [0.2, 0.25) is 0 Å². The average molecular weight is 256 g/mol. The minimum Gasteiger partial charge on any atom is -0.377 e. The lowest BCUT2D eigenvalue weighted by molar-refractivity contribution is -0.0107. The Morgan fingerprint density at radius 3 is 2.50 bits per heavy atom. The second kappa shape index (κ2) is 8.13. The molecule has 3 heteroatoms. The lowest BCUT2D eigenvalue weighted by atomic mass is 10.0. The Kier molecular flexibility index (Phi) is 7.20. The highest BCUT2D eigenvalue weighted by atomic mass is 16.5. The van der Waals surface area contributed by atoms with Gasteiger partial charge in [0.1, 0.15) is 0 Å². The van der Waals surface area contributed by atoms with Crippen LogP contribution in [0.4, 0.5) is 0 Å². The molecule has 0 aromatic heterocycles. The van der Waals surface area contributed by atoms with E-state index in [2.05, 4.69) is 45.0 Å². The lowest BCUT2D eigenvalue weighted by Crippen LogP contribution is -2.44. The summed E-state index contributed by atoms with van der Waals surface area (Å²) in [5.74, 6) is 0.668. The first-order valence-electron chi connectivity index (χ1n) is 7.56. The van der Waals surface area contributed by atoms with Crippen LogP contribution in [0.15, 0.2) is 0 Å². The van der Waals surface area contributed by atoms with Crippen LogP contribution < -0.4 is 5.32 Å². The van der Waals surface area contributed by atoms with Gasteiger partial charge in [-0.2, -0.15) is 0 Å². The van der Waals surface area contributed by atoms with E-state index >= 15 is 0 Å². The van der Waals surface area contributed by atoms with Gasteiger partial charge in [0.15, 0.2) is 0 Å².